The maximum absolute atomic E-state index is 13.6. The van der Waals surface area contributed by atoms with Crippen LogP contribution in [-0.2, 0) is 0 Å². The van der Waals surface area contributed by atoms with Crippen molar-refractivity contribution >= 4 is 29.0 Å². The third-order valence-corrected chi connectivity index (χ3v) is 2.65. The molecule has 7 heteroatoms. The van der Waals surface area contributed by atoms with E-state index in [1.807, 2.05) is 0 Å². The number of hydrogen-bond acceptors (Lipinski definition) is 3. The van der Waals surface area contributed by atoms with E-state index in [-0.39, 0.29) is 16.3 Å². The zero-order valence-electron chi connectivity index (χ0n) is 9.45. The molecule has 0 aliphatic rings. The first-order chi connectivity index (χ1) is 9.00. The fourth-order valence-electron chi connectivity index (χ4n) is 1.43. The van der Waals surface area contributed by atoms with Crippen LogP contribution in [0, 0.1) is 11.6 Å². The first-order valence-corrected chi connectivity index (χ1v) is 5.54. The number of halogens is 3. The van der Waals surface area contributed by atoms with Gasteiger partial charge in [0.1, 0.15) is 0 Å². The number of nitrogens with one attached hydrogen (secondary N) is 1. The highest BCUT2D eigenvalue weighted by Gasteiger charge is 2.16. The second kappa shape index (κ2) is 5.19. The van der Waals surface area contributed by atoms with Gasteiger partial charge in [-0.25, -0.2) is 13.8 Å². The number of nitrogen functional groups attached to an aromatic ring is 1. The van der Waals surface area contributed by atoms with Crippen LogP contribution in [0.5, 0.6) is 0 Å². The third kappa shape index (κ3) is 2.63. The number of carbonyl (C=O) groups excluding carboxylic acids is 1. The van der Waals surface area contributed by atoms with Crippen LogP contribution in [0.4, 0.5) is 20.3 Å². The van der Waals surface area contributed by atoms with E-state index in [0.717, 1.165) is 6.07 Å². The maximum Gasteiger partial charge on any atom is 0.258 e. The van der Waals surface area contributed by atoms with Gasteiger partial charge in [0.25, 0.3) is 5.91 Å². The van der Waals surface area contributed by atoms with E-state index in [9.17, 15) is 13.6 Å². The van der Waals surface area contributed by atoms with Crippen LogP contribution in [-0.4, -0.2) is 10.9 Å². The quantitative estimate of drug-likeness (QED) is 0.890. The van der Waals surface area contributed by atoms with E-state index in [4.69, 9.17) is 17.3 Å². The molecule has 98 valence electrons. The Hall–Kier alpha value is -2.21. The number of aromatic nitrogens is 1. The van der Waals surface area contributed by atoms with Crippen molar-refractivity contribution in [3.8, 4) is 0 Å². The molecule has 0 aliphatic heterocycles. The van der Waals surface area contributed by atoms with E-state index < -0.39 is 23.4 Å². The molecule has 0 saturated heterocycles. The summed E-state index contributed by atoms with van der Waals surface area (Å²) in [6, 6.07) is 5.24. The van der Waals surface area contributed by atoms with E-state index in [1.165, 1.54) is 24.4 Å². The second-order valence-electron chi connectivity index (χ2n) is 3.61. The second-order valence-corrected chi connectivity index (χ2v) is 4.02. The van der Waals surface area contributed by atoms with Gasteiger partial charge < -0.3 is 11.1 Å². The zero-order valence-corrected chi connectivity index (χ0v) is 10.2. The molecule has 1 heterocycles. The van der Waals surface area contributed by atoms with Gasteiger partial charge in [0.05, 0.1) is 16.3 Å². The van der Waals surface area contributed by atoms with Gasteiger partial charge in [0, 0.05) is 6.20 Å². The fraction of sp³-hybridized carbons (Fsp3) is 0. The number of nitrogens with zero attached hydrogens (tertiary/aromatic N) is 1. The van der Waals surface area contributed by atoms with Crippen molar-refractivity contribution in [1.82, 2.24) is 4.98 Å². The van der Waals surface area contributed by atoms with Crippen molar-refractivity contribution in [3.63, 3.8) is 0 Å². The van der Waals surface area contributed by atoms with Crippen molar-refractivity contribution in [3.05, 3.63) is 52.7 Å². The van der Waals surface area contributed by atoms with Gasteiger partial charge in [-0.1, -0.05) is 17.7 Å². The number of anilines is 2. The largest absolute Gasteiger partial charge is 0.381 e. The van der Waals surface area contributed by atoms with Crippen molar-refractivity contribution in [2.45, 2.75) is 0 Å². The summed E-state index contributed by atoms with van der Waals surface area (Å²) in [5.41, 5.74) is 4.77. The normalized spacial score (nSPS) is 10.3. The molecule has 1 amide bonds. The first kappa shape index (κ1) is 13.2. The van der Waals surface area contributed by atoms with Crippen LogP contribution < -0.4 is 11.1 Å². The minimum Gasteiger partial charge on any atom is -0.381 e. The minimum absolute atomic E-state index is 0.146. The molecule has 1 aromatic heterocycles. The monoisotopic (exact) mass is 283 g/mol. The Morgan fingerprint density at radius 1 is 1.26 bits per heavy atom. The van der Waals surface area contributed by atoms with Gasteiger partial charge in [-0.3, -0.25) is 4.79 Å². The molecule has 0 saturated carbocycles. The highest BCUT2D eigenvalue weighted by Crippen LogP contribution is 2.23. The highest BCUT2D eigenvalue weighted by molar-refractivity contribution is 6.31. The average molecular weight is 284 g/mol. The number of pyridine rings is 1. The fourth-order valence-corrected chi connectivity index (χ4v) is 1.60. The lowest BCUT2D eigenvalue weighted by molar-refractivity contribution is 0.102. The summed E-state index contributed by atoms with van der Waals surface area (Å²) in [6.07, 6.45) is 1.18. The molecule has 1 aromatic carbocycles. The molecule has 0 fully saturated rings. The van der Waals surface area contributed by atoms with Gasteiger partial charge >= 0.3 is 0 Å². The first-order valence-electron chi connectivity index (χ1n) is 5.16. The summed E-state index contributed by atoms with van der Waals surface area (Å²) in [6.45, 7) is 0. The summed E-state index contributed by atoms with van der Waals surface area (Å²) in [7, 11) is 0. The summed E-state index contributed by atoms with van der Waals surface area (Å²) in [4.78, 5) is 15.3. The van der Waals surface area contributed by atoms with Gasteiger partial charge in [-0.15, -0.1) is 0 Å². The molecule has 0 spiro atoms. The van der Waals surface area contributed by atoms with Crippen LogP contribution in [0.25, 0.3) is 0 Å². The summed E-state index contributed by atoms with van der Waals surface area (Å²) < 4.78 is 27.1. The molecular weight excluding hydrogens is 276 g/mol. The van der Waals surface area contributed by atoms with Crippen molar-refractivity contribution < 1.29 is 13.6 Å². The minimum atomic E-state index is -0.956. The highest BCUT2D eigenvalue weighted by atomic mass is 35.5. The van der Waals surface area contributed by atoms with Crippen LogP contribution in [0.1, 0.15) is 10.4 Å². The molecular formula is C12H8ClF2N3O. The lowest BCUT2D eigenvalue weighted by Crippen LogP contribution is -2.16. The van der Waals surface area contributed by atoms with Gasteiger partial charge in [0.15, 0.2) is 17.5 Å². The topological polar surface area (TPSA) is 68.0 Å². The summed E-state index contributed by atoms with van der Waals surface area (Å²) >= 11 is 5.57. The Labute approximate surface area is 112 Å². The SMILES string of the molecule is Nc1nccc(C(=O)Nc2cccc(Cl)c2F)c1F. The molecule has 2 aromatic rings. The molecule has 0 radical (unpaired) electrons. The molecule has 0 unspecified atom stereocenters. The van der Waals surface area contributed by atoms with Crippen LogP contribution in [0.3, 0.4) is 0 Å². The molecule has 0 aliphatic carbocycles. The van der Waals surface area contributed by atoms with Gasteiger partial charge in [-0.05, 0) is 18.2 Å². The van der Waals surface area contributed by atoms with E-state index >= 15 is 0 Å². The standard InChI is InChI=1S/C12H8ClF2N3O/c13-7-2-1-3-8(10(7)15)18-12(19)6-4-5-17-11(16)9(6)14/h1-5H,(H2,16,17)(H,18,19). The number of hydrogen-bond donors (Lipinski definition) is 2. The molecule has 3 N–H and O–H groups in total. The zero-order chi connectivity index (χ0) is 14.0. The lowest BCUT2D eigenvalue weighted by Gasteiger charge is -2.08. The third-order valence-electron chi connectivity index (χ3n) is 2.36. The molecule has 2 rings (SSSR count). The number of amides is 1. The van der Waals surface area contributed by atoms with Crippen molar-refractivity contribution in [2.24, 2.45) is 0 Å². The summed E-state index contributed by atoms with van der Waals surface area (Å²) in [5.74, 6) is -2.99. The molecule has 4 nitrogen and oxygen atoms in total. The predicted molar refractivity (Wildman–Crippen MR) is 68.0 cm³/mol. The Morgan fingerprint density at radius 2 is 2.00 bits per heavy atom. The number of benzene rings is 1. The Bertz CT molecular complexity index is 649. The average Bonchev–Trinajstić information content (AvgIpc) is 2.38. The summed E-state index contributed by atoms with van der Waals surface area (Å²) in [5, 5.41) is 2.07. The number of nitrogens with two attached hydrogens (primary N) is 1. The number of carbonyl (C=O) groups is 1. The lowest BCUT2D eigenvalue weighted by atomic mass is 10.2. The smallest absolute Gasteiger partial charge is 0.258 e. The van der Waals surface area contributed by atoms with Crippen LogP contribution in [0.2, 0.25) is 5.02 Å². The van der Waals surface area contributed by atoms with Gasteiger partial charge in [0.2, 0.25) is 0 Å². The van der Waals surface area contributed by atoms with E-state index in [2.05, 4.69) is 10.3 Å². The van der Waals surface area contributed by atoms with Gasteiger partial charge in [-0.2, -0.15) is 0 Å². The van der Waals surface area contributed by atoms with Crippen molar-refractivity contribution in [2.75, 3.05) is 11.1 Å². The Kier molecular flexibility index (Phi) is 3.62. The Balaban J connectivity index is 2.31. The molecule has 19 heavy (non-hydrogen) atoms. The predicted octanol–water partition coefficient (Wildman–Crippen LogP) is 2.85. The molecule has 0 bridgehead atoms. The molecule has 0 atom stereocenters. The van der Waals surface area contributed by atoms with Crippen LogP contribution in [0.15, 0.2) is 30.5 Å². The van der Waals surface area contributed by atoms with Crippen LogP contribution >= 0.6 is 11.6 Å². The Morgan fingerprint density at radius 3 is 2.74 bits per heavy atom. The van der Waals surface area contributed by atoms with Crippen molar-refractivity contribution in [1.29, 1.82) is 0 Å². The maximum atomic E-state index is 13.6. The van der Waals surface area contributed by atoms with E-state index in [0.29, 0.717) is 0 Å². The number of rotatable bonds is 2. The van der Waals surface area contributed by atoms with E-state index in [1.54, 1.807) is 0 Å².